The van der Waals surface area contributed by atoms with Gasteiger partial charge in [-0.3, -0.25) is 9.59 Å². The predicted octanol–water partition coefficient (Wildman–Crippen LogP) is 3.93. The first-order valence-electron chi connectivity index (χ1n) is 13.1. The first-order chi connectivity index (χ1) is 19.0. The number of hydrogen-bond acceptors (Lipinski definition) is 4. The lowest BCUT2D eigenvalue weighted by Crippen LogP contribution is -2.54. The van der Waals surface area contributed by atoms with Crippen molar-refractivity contribution in [3.05, 3.63) is 120 Å². The van der Waals surface area contributed by atoms with Crippen LogP contribution in [0.4, 0.5) is 4.79 Å². The Balaban J connectivity index is 1.48. The van der Waals surface area contributed by atoms with Crippen molar-refractivity contribution in [1.29, 1.82) is 0 Å². The van der Waals surface area contributed by atoms with Gasteiger partial charge in [0.15, 0.2) is 5.78 Å². The Morgan fingerprint density at radius 2 is 1.31 bits per heavy atom. The lowest BCUT2D eigenvalue weighted by atomic mass is 9.99. The minimum absolute atomic E-state index is 0.230. The minimum Gasteiger partial charge on any atom is -0.389 e. The highest BCUT2D eigenvalue weighted by atomic mass is 16.3. The van der Waals surface area contributed by atoms with E-state index >= 15 is 0 Å². The Kier molecular flexibility index (Phi) is 9.80. The molecule has 0 saturated heterocycles. The van der Waals surface area contributed by atoms with Crippen LogP contribution in [0.3, 0.4) is 0 Å². The molecule has 4 aromatic carbocycles. The van der Waals surface area contributed by atoms with E-state index in [-0.39, 0.29) is 6.42 Å². The number of aliphatic hydroxyl groups is 1. The molecule has 0 fully saturated rings. The summed E-state index contributed by atoms with van der Waals surface area (Å²) in [4.78, 5) is 38.8. The summed E-state index contributed by atoms with van der Waals surface area (Å²) in [6.07, 6.45) is 1.12. The number of fused-ring (bicyclic) bond motifs is 1. The van der Waals surface area contributed by atoms with Gasteiger partial charge in [0.1, 0.15) is 12.6 Å². The second-order valence-electron chi connectivity index (χ2n) is 9.46. The number of carbonyl (C=O) groups is 3. The lowest BCUT2D eigenvalue weighted by Gasteiger charge is -2.23. The van der Waals surface area contributed by atoms with Gasteiger partial charge in [-0.25, -0.2) is 4.79 Å². The number of carbonyl (C=O) groups excluding carboxylic acids is 3. The Hall–Kier alpha value is -4.49. The fourth-order valence-corrected chi connectivity index (χ4v) is 4.45. The molecule has 7 heteroatoms. The number of Topliss-reactive ketones (excluding diaryl/α,β-unsaturated/α-hetero) is 1. The van der Waals surface area contributed by atoms with Crippen LogP contribution in [0.1, 0.15) is 23.1 Å². The zero-order valence-corrected chi connectivity index (χ0v) is 21.7. The van der Waals surface area contributed by atoms with Crippen molar-refractivity contribution in [1.82, 2.24) is 16.0 Å². The standard InChI is InChI=1S/C32H33N3O4/c36-22-30(37)28(18-16-23-9-3-1-4-10-23)34-31(38)29(35-32(39)33-21-24-11-5-2-6-12-24)20-25-15-17-26-13-7-8-14-27(26)19-25/h1-15,17,19,28-29,36H,16,18,20-22H2,(H,34,38)(H2,33,35,39)/t28-,29-/m0/s1. The predicted molar refractivity (Wildman–Crippen MR) is 152 cm³/mol. The molecule has 4 aromatic rings. The average molecular weight is 524 g/mol. The molecular formula is C32H33N3O4. The fourth-order valence-electron chi connectivity index (χ4n) is 4.45. The largest absolute Gasteiger partial charge is 0.389 e. The smallest absolute Gasteiger partial charge is 0.315 e. The number of rotatable bonds is 12. The normalized spacial score (nSPS) is 12.3. The van der Waals surface area contributed by atoms with Gasteiger partial charge in [-0.15, -0.1) is 0 Å². The SMILES string of the molecule is O=C(NCc1ccccc1)N[C@@H](Cc1ccc2ccccc2c1)C(=O)N[C@@H](CCc1ccccc1)C(=O)CO. The van der Waals surface area contributed by atoms with Crippen LogP contribution in [0.15, 0.2) is 103 Å². The van der Waals surface area contributed by atoms with Gasteiger partial charge in [-0.05, 0) is 40.3 Å². The highest BCUT2D eigenvalue weighted by molar-refractivity contribution is 5.93. The zero-order valence-electron chi connectivity index (χ0n) is 21.7. The van der Waals surface area contributed by atoms with E-state index in [2.05, 4.69) is 16.0 Å². The molecule has 2 atom stereocenters. The molecule has 4 rings (SSSR count). The van der Waals surface area contributed by atoms with Crippen LogP contribution in [-0.4, -0.2) is 41.5 Å². The van der Waals surface area contributed by atoms with Crippen LogP contribution in [0.5, 0.6) is 0 Å². The maximum Gasteiger partial charge on any atom is 0.315 e. The van der Waals surface area contributed by atoms with Gasteiger partial charge in [0.2, 0.25) is 5.91 Å². The van der Waals surface area contributed by atoms with Gasteiger partial charge < -0.3 is 21.1 Å². The summed E-state index contributed by atoms with van der Waals surface area (Å²) in [6, 6.07) is 30.6. The summed E-state index contributed by atoms with van der Waals surface area (Å²) >= 11 is 0. The van der Waals surface area contributed by atoms with Crippen LogP contribution in [0.2, 0.25) is 0 Å². The average Bonchev–Trinajstić information content (AvgIpc) is 2.98. The number of aliphatic hydroxyl groups excluding tert-OH is 1. The first kappa shape index (κ1) is 27.5. The Morgan fingerprint density at radius 1 is 0.667 bits per heavy atom. The number of urea groups is 1. The van der Waals surface area contributed by atoms with Gasteiger partial charge in [0.25, 0.3) is 0 Å². The maximum absolute atomic E-state index is 13.5. The molecule has 0 radical (unpaired) electrons. The third-order valence-corrected chi connectivity index (χ3v) is 6.60. The molecule has 39 heavy (non-hydrogen) atoms. The van der Waals surface area contributed by atoms with E-state index in [0.29, 0.717) is 19.4 Å². The molecule has 0 unspecified atom stereocenters. The van der Waals surface area contributed by atoms with E-state index in [1.165, 1.54) is 0 Å². The molecule has 0 spiro atoms. The molecule has 0 bridgehead atoms. The van der Waals surface area contributed by atoms with E-state index in [0.717, 1.165) is 27.5 Å². The molecule has 4 N–H and O–H groups in total. The zero-order chi connectivity index (χ0) is 27.5. The summed E-state index contributed by atoms with van der Waals surface area (Å²) in [6.45, 7) is -0.375. The monoisotopic (exact) mass is 523 g/mol. The number of amides is 3. The first-order valence-corrected chi connectivity index (χ1v) is 13.1. The van der Waals surface area contributed by atoms with Gasteiger partial charge in [0, 0.05) is 13.0 Å². The Morgan fingerprint density at radius 3 is 2.00 bits per heavy atom. The Bertz CT molecular complexity index is 1390. The Labute approximate surface area is 228 Å². The lowest BCUT2D eigenvalue weighted by molar-refractivity contribution is -0.130. The molecule has 0 saturated carbocycles. The highest BCUT2D eigenvalue weighted by Gasteiger charge is 2.27. The molecule has 0 aliphatic carbocycles. The van der Waals surface area contributed by atoms with Crippen LogP contribution in [-0.2, 0) is 29.0 Å². The van der Waals surface area contributed by atoms with E-state index in [1.807, 2.05) is 103 Å². The van der Waals surface area contributed by atoms with Crippen molar-refractivity contribution >= 4 is 28.5 Å². The molecule has 7 nitrogen and oxygen atoms in total. The number of benzene rings is 4. The molecule has 0 aliphatic rings. The van der Waals surface area contributed by atoms with E-state index in [9.17, 15) is 19.5 Å². The number of ketones is 1. The van der Waals surface area contributed by atoms with Crippen molar-refractivity contribution < 1.29 is 19.5 Å². The second kappa shape index (κ2) is 13.9. The van der Waals surface area contributed by atoms with Crippen molar-refractivity contribution in [3.63, 3.8) is 0 Å². The summed E-state index contributed by atoms with van der Waals surface area (Å²) in [5.41, 5.74) is 2.82. The van der Waals surface area contributed by atoms with Crippen molar-refractivity contribution in [3.8, 4) is 0 Å². The van der Waals surface area contributed by atoms with Gasteiger partial charge in [-0.1, -0.05) is 103 Å². The third kappa shape index (κ3) is 8.25. The second-order valence-corrected chi connectivity index (χ2v) is 9.46. The van der Waals surface area contributed by atoms with Crippen LogP contribution in [0.25, 0.3) is 10.8 Å². The van der Waals surface area contributed by atoms with Gasteiger partial charge >= 0.3 is 6.03 Å². The molecule has 0 aliphatic heterocycles. The third-order valence-electron chi connectivity index (χ3n) is 6.60. The topological polar surface area (TPSA) is 108 Å². The van der Waals surface area contributed by atoms with E-state index < -0.39 is 36.4 Å². The van der Waals surface area contributed by atoms with Gasteiger partial charge in [-0.2, -0.15) is 0 Å². The number of hydrogen-bond donors (Lipinski definition) is 4. The van der Waals surface area contributed by atoms with E-state index in [1.54, 1.807) is 0 Å². The summed E-state index contributed by atoms with van der Waals surface area (Å²) in [5.74, 6) is -0.963. The van der Waals surface area contributed by atoms with Crippen molar-refractivity contribution in [2.45, 2.75) is 37.9 Å². The number of nitrogens with one attached hydrogen (secondary N) is 3. The van der Waals surface area contributed by atoms with Crippen molar-refractivity contribution in [2.75, 3.05) is 6.61 Å². The number of aryl methyl sites for hydroxylation is 1. The quantitative estimate of drug-likeness (QED) is 0.226. The summed E-state index contributed by atoms with van der Waals surface area (Å²) < 4.78 is 0. The maximum atomic E-state index is 13.5. The highest BCUT2D eigenvalue weighted by Crippen LogP contribution is 2.17. The fraction of sp³-hybridized carbons (Fsp3) is 0.219. The van der Waals surface area contributed by atoms with Crippen molar-refractivity contribution in [2.24, 2.45) is 0 Å². The summed E-state index contributed by atoms with van der Waals surface area (Å²) in [5, 5.41) is 20.0. The molecule has 0 heterocycles. The van der Waals surface area contributed by atoms with Crippen LogP contribution < -0.4 is 16.0 Å². The van der Waals surface area contributed by atoms with Crippen LogP contribution in [0, 0.1) is 0 Å². The van der Waals surface area contributed by atoms with Gasteiger partial charge in [0.05, 0.1) is 6.04 Å². The molecular weight excluding hydrogens is 490 g/mol. The molecule has 200 valence electrons. The minimum atomic E-state index is -0.937. The molecule has 0 aromatic heterocycles. The summed E-state index contributed by atoms with van der Waals surface area (Å²) in [7, 11) is 0. The molecule has 3 amide bonds. The van der Waals surface area contributed by atoms with E-state index in [4.69, 9.17) is 0 Å². The van der Waals surface area contributed by atoms with Crippen LogP contribution >= 0.6 is 0 Å².